The standard InChI is InChI=1S/C16H19N3O2S/c1-16(2,3)10-19-14-11(8-17)9-18-15-12(14)6-5-7-13(15)22(4,20)21/h5-7,9H,10H2,1-4H3,(H,18,19). The van der Waals surface area contributed by atoms with Crippen LogP contribution < -0.4 is 5.32 Å². The highest BCUT2D eigenvalue weighted by Crippen LogP contribution is 2.30. The minimum Gasteiger partial charge on any atom is -0.383 e. The van der Waals surface area contributed by atoms with Crippen molar-refractivity contribution in [2.75, 3.05) is 18.1 Å². The summed E-state index contributed by atoms with van der Waals surface area (Å²) in [4.78, 5) is 4.36. The quantitative estimate of drug-likeness (QED) is 0.941. The number of anilines is 1. The third-order valence-electron chi connectivity index (χ3n) is 3.18. The average Bonchev–Trinajstić information content (AvgIpc) is 2.41. The Morgan fingerprint density at radius 1 is 1.32 bits per heavy atom. The zero-order valence-electron chi connectivity index (χ0n) is 13.1. The van der Waals surface area contributed by atoms with Crippen LogP contribution >= 0.6 is 0 Å². The predicted octanol–water partition coefficient (Wildman–Crippen LogP) is 2.97. The van der Waals surface area contributed by atoms with Crippen molar-refractivity contribution in [3.05, 3.63) is 30.0 Å². The van der Waals surface area contributed by atoms with Crippen LogP contribution in [0.25, 0.3) is 10.9 Å². The molecule has 0 fully saturated rings. The second-order valence-corrected chi connectivity index (χ2v) is 8.48. The summed E-state index contributed by atoms with van der Waals surface area (Å²) < 4.78 is 23.8. The Morgan fingerprint density at radius 3 is 2.55 bits per heavy atom. The fourth-order valence-electron chi connectivity index (χ4n) is 2.12. The molecule has 1 aromatic carbocycles. The SMILES string of the molecule is CC(C)(C)CNc1c(C#N)cnc2c(S(C)(=O)=O)cccc12. The van der Waals surface area contributed by atoms with E-state index in [0.717, 1.165) is 6.26 Å². The van der Waals surface area contributed by atoms with Gasteiger partial charge in [0.25, 0.3) is 0 Å². The zero-order chi connectivity index (χ0) is 16.5. The zero-order valence-corrected chi connectivity index (χ0v) is 14.0. The highest BCUT2D eigenvalue weighted by molar-refractivity contribution is 7.91. The lowest BCUT2D eigenvalue weighted by Crippen LogP contribution is -2.19. The van der Waals surface area contributed by atoms with Gasteiger partial charge in [0.05, 0.1) is 21.7 Å². The van der Waals surface area contributed by atoms with Crippen molar-refractivity contribution in [3.8, 4) is 6.07 Å². The number of rotatable bonds is 3. The number of fused-ring (bicyclic) bond motifs is 1. The van der Waals surface area contributed by atoms with E-state index < -0.39 is 9.84 Å². The Morgan fingerprint density at radius 2 is 2.00 bits per heavy atom. The van der Waals surface area contributed by atoms with Gasteiger partial charge in [0.1, 0.15) is 6.07 Å². The molecule has 2 aromatic rings. The predicted molar refractivity (Wildman–Crippen MR) is 87.5 cm³/mol. The first-order chi connectivity index (χ1) is 10.1. The van der Waals surface area contributed by atoms with Gasteiger partial charge in [-0.3, -0.25) is 4.98 Å². The van der Waals surface area contributed by atoms with Gasteiger partial charge in [0, 0.05) is 24.4 Å². The number of nitriles is 1. The number of hydrogen-bond acceptors (Lipinski definition) is 5. The highest BCUT2D eigenvalue weighted by Gasteiger charge is 2.18. The molecule has 0 amide bonds. The molecule has 6 heteroatoms. The fraction of sp³-hybridized carbons (Fsp3) is 0.375. The molecule has 0 aliphatic carbocycles. The van der Waals surface area contributed by atoms with E-state index in [1.807, 2.05) is 0 Å². The number of hydrogen-bond donors (Lipinski definition) is 1. The summed E-state index contributed by atoms with van der Waals surface area (Å²) in [6, 6.07) is 7.09. The summed E-state index contributed by atoms with van der Waals surface area (Å²) in [5.41, 5.74) is 1.45. The number of sulfone groups is 1. The second-order valence-electron chi connectivity index (χ2n) is 6.50. The molecule has 0 saturated heterocycles. The minimum atomic E-state index is -3.38. The van der Waals surface area contributed by atoms with E-state index in [9.17, 15) is 13.7 Å². The van der Waals surface area contributed by atoms with Crippen molar-refractivity contribution in [3.63, 3.8) is 0 Å². The molecule has 0 atom stereocenters. The molecule has 0 bridgehead atoms. The number of para-hydroxylation sites is 1. The Bertz CT molecular complexity index is 859. The van der Waals surface area contributed by atoms with Crippen molar-refractivity contribution in [1.29, 1.82) is 5.26 Å². The van der Waals surface area contributed by atoms with Crippen LogP contribution in [0, 0.1) is 16.7 Å². The Hall–Kier alpha value is -2.13. The van der Waals surface area contributed by atoms with Crippen molar-refractivity contribution in [2.24, 2.45) is 5.41 Å². The number of benzene rings is 1. The van der Waals surface area contributed by atoms with Gasteiger partial charge in [-0.2, -0.15) is 5.26 Å². The van der Waals surface area contributed by atoms with Crippen molar-refractivity contribution >= 4 is 26.4 Å². The first-order valence-corrected chi connectivity index (χ1v) is 8.78. The second kappa shape index (κ2) is 5.58. The van der Waals surface area contributed by atoms with Crippen molar-refractivity contribution < 1.29 is 8.42 Å². The number of aromatic nitrogens is 1. The molecule has 0 spiro atoms. The molecular weight excluding hydrogens is 298 g/mol. The van der Waals surface area contributed by atoms with Crippen LogP contribution in [-0.4, -0.2) is 26.2 Å². The van der Waals surface area contributed by atoms with E-state index in [-0.39, 0.29) is 10.3 Å². The summed E-state index contributed by atoms with van der Waals surface area (Å²) in [7, 11) is -3.38. The van der Waals surface area contributed by atoms with E-state index in [1.54, 1.807) is 12.1 Å². The molecule has 5 nitrogen and oxygen atoms in total. The number of nitrogens with zero attached hydrogens (tertiary/aromatic N) is 2. The van der Waals surface area contributed by atoms with Crippen molar-refractivity contribution in [2.45, 2.75) is 25.7 Å². The molecule has 1 N–H and O–H groups in total. The number of nitrogens with one attached hydrogen (secondary N) is 1. The molecule has 116 valence electrons. The molecule has 2 rings (SSSR count). The molecule has 0 aliphatic rings. The molecule has 0 aliphatic heterocycles. The first-order valence-electron chi connectivity index (χ1n) is 6.89. The minimum absolute atomic E-state index is 0.0246. The third-order valence-corrected chi connectivity index (χ3v) is 4.30. The summed E-state index contributed by atoms with van der Waals surface area (Å²) >= 11 is 0. The van der Waals surface area contributed by atoms with Crippen molar-refractivity contribution in [1.82, 2.24) is 4.98 Å². The fourth-order valence-corrected chi connectivity index (χ4v) is 2.96. The lowest BCUT2D eigenvalue weighted by Gasteiger charge is -2.21. The maximum Gasteiger partial charge on any atom is 0.177 e. The molecular formula is C16H19N3O2S. The monoisotopic (exact) mass is 317 g/mol. The molecule has 0 unspecified atom stereocenters. The van der Waals surface area contributed by atoms with Crippen LogP contribution in [0.4, 0.5) is 5.69 Å². The van der Waals surface area contributed by atoms with Gasteiger partial charge in [-0.25, -0.2) is 8.42 Å². The first kappa shape index (κ1) is 16.2. The molecule has 22 heavy (non-hydrogen) atoms. The number of pyridine rings is 1. The Labute approximate surface area is 130 Å². The Balaban J connectivity index is 2.70. The normalized spacial score (nSPS) is 12.1. The van der Waals surface area contributed by atoms with Crippen LogP contribution in [0.3, 0.4) is 0 Å². The molecule has 1 heterocycles. The van der Waals surface area contributed by atoms with E-state index >= 15 is 0 Å². The highest BCUT2D eigenvalue weighted by atomic mass is 32.2. The van der Waals surface area contributed by atoms with Gasteiger partial charge in [0.15, 0.2) is 9.84 Å². The summed E-state index contributed by atoms with van der Waals surface area (Å²) in [5, 5.41) is 13.2. The van der Waals surface area contributed by atoms with Crippen LogP contribution in [0.15, 0.2) is 29.3 Å². The van der Waals surface area contributed by atoms with Gasteiger partial charge in [-0.1, -0.05) is 32.9 Å². The van der Waals surface area contributed by atoms with Crippen LogP contribution in [0.2, 0.25) is 0 Å². The van der Waals surface area contributed by atoms with E-state index in [2.05, 4.69) is 37.1 Å². The van der Waals surface area contributed by atoms with E-state index in [1.165, 1.54) is 12.3 Å². The van der Waals surface area contributed by atoms with E-state index in [0.29, 0.717) is 28.7 Å². The largest absolute Gasteiger partial charge is 0.383 e. The average molecular weight is 317 g/mol. The Kier molecular flexibility index (Phi) is 4.12. The molecule has 0 radical (unpaired) electrons. The molecule has 0 saturated carbocycles. The van der Waals surface area contributed by atoms with Gasteiger partial charge < -0.3 is 5.32 Å². The van der Waals surface area contributed by atoms with Crippen LogP contribution in [0.1, 0.15) is 26.3 Å². The van der Waals surface area contributed by atoms with Crippen LogP contribution in [0.5, 0.6) is 0 Å². The molecule has 1 aromatic heterocycles. The maximum absolute atomic E-state index is 11.9. The smallest absolute Gasteiger partial charge is 0.177 e. The van der Waals surface area contributed by atoms with Gasteiger partial charge in [0.2, 0.25) is 0 Å². The third kappa shape index (κ3) is 3.37. The van der Waals surface area contributed by atoms with E-state index in [4.69, 9.17) is 0 Å². The van der Waals surface area contributed by atoms with Gasteiger partial charge in [-0.15, -0.1) is 0 Å². The summed E-state index contributed by atoms with van der Waals surface area (Å²) in [6.45, 7) is 6.90. The summed E-state index contributed by atoms with van der Waals surface area (Å²) in [6.07, 6.45) is 2.58. The lowest BCUT2D eigenvalue weighted by molar-refractivity contribution is 0.443. The van der Waals surface area contributed by atoms with Gasteiger partial charge in [-0.05, 0) is 11.5 Å². The van der Waals surface area contributed by atoms with Crippen LogP contribution in [-0.2, 0) is 9.84 Å². The summed E-state index contributed by atoms with van der Waals surface area (Å²) in [5.74, 6) is 0. The lowest BCUT2D eigenvalue weighted by atomic mass is 9.96. The topological polar surface area (TPSA) is 82.8 Å². The van der Waals surface area contributed by atoms with Gasteiger partial charge >= 0.3 is 0 Å². The maximum atomic E-state index is 11.9.